The average molecular weight is 357 g/mol. The molecule has 25 heavy (non-hydrogen) atoms. The van der Waals surface area contributed by atoms with Crippen LogP contribution in [0.4, 0.5) is 5.69 Å². The molecule has 134 valence electrons. The van der Waals surface area contributed by atoms with Crippen LogP contribution in [-0.4, -0.2) is 37.2 Å². The van der Waals surface area contributed by atoms with Crippen LogP contribution < -0.4 is 10.2 Å². The molecule has 0 saturated heterocycles. The van der Waals surface area contributed by atoms with Crippen molar-refractivity contribution in [2.24, 2.45) is 0 Å². The van der Waals surface area contributed by atoms with E-state index in [4.69, 9.17) is 12.2 Å². The lowest BCUT2D eigenvalue weighted by Gasteiger charge is -2.27. The Morgan fingerprint density at radius 3 is 2.48 bits per heavy atom. The first-order valence-electron chi connectivity index (χ1n) is 8.92. The van der Waals surface area contributed by atoms with Gasteiger partial charge in [-0.15, -0.1) is 0 Å². The van der Waals surface area contributed by atoms with Crippen LogP contribution in [0.25, 0.3) is 0 Å². The number of aryl methyl sites for hydroxylation is 2. The van der Waals surface area contributed by atoms with E-state index in [0.29, 0.717) is 0 Å². The molecule has 0 aliphatic heterocycles. The molecule has 2 aromatic rings. The van der Waals surface area contributed by atoms with Crippen molar-refractivity contribution in [3.8, 4) is 0 Å². The Labute approximate surface area is 157 Å². The summed E-state index contributed by atoms with van der Waals surface area (Å²) >= 11 is 5.75. The van der Waals surface area contributed by atoms with E-state index in [1.807, 2.05) is 0 Å². The minimum atomic E-state index is 0.798. The van der Waals surface area contributed by atoms with Crippen molar-refractivity contribution in [3.63, 3.8) is 0 Å². The number of hydrogen-bond acceptors (Lipinski definition) is 1. The lowest BCUT2D eigenvalue weighted by Crippen LogP contribution is -3.05. The van der Waals surface area contributed by atoms with Crippen molar-refractivity contribution in [2.75, 3.05) is 32.5 Å². The van der Waals surface area contributed by atoms with Crippen molar-refractivity contribution < 1.29 is 4.90 Å². The molecule has 0 heterocycles. The number of nitrogens with one attached hydrogen (secondary N) is 2. The van der Waals surface area contributed by atoms with Crippen molar-refractivity contribution in [2.45, 2.75) is 26.8 Å². The Hall–Kier alpha value is -1.91. The maximum absolute atomic E-state index is 5.75. The van der Waals surface area contributed by atoms with Crippen LogP contribution in [0, 0.1) is 13.8 Å². The molecule has 2 rings (SSSR count). The monoisotopic (exact) mass is 356 g/mol. The summed E-state index contributed by atoms with van der Waals surface area (Å²) in [5, 5.41) is 4.26. The second kappa shape index (κ2) is 9.54. The minimum Gasteiger partial charge on any atom is -0.344 e. The van der Waals surface area contributed by atoms with E-state index in [2.05, 4.69) is 86.7 Å². The van der Waals surface area contributed by atoms with Gasteiger partial charge in [-0.2, -0.15) is 0 Å². The number of anilines is 1. The summed E-state index contributed by atoms with van der Waals surface area (Å²) in [6, 6.07) is 17.0. The summed E-state index contributed by atoms with van der Waals surface area (Å²) in [5.41, 5.74) is 4.83. The highest BCUT2D eigenvalue weighted by Crippen LogP contribution is 2.17. The standard InChI is InChI=1S/C21H29N3S/c1-17-11-12-18(2)20(15-17)22-21(25)24(14-8-13-23(3)4)16-19-9-6-5-7-10-19/h5-7,9-12,15H,8,13-14,16H2,1-4H3,(H,22,25)/p+1. The Bertz CT molecular complexity index is 683. The molecule has 4 heteroatoms. The summed E-state index contributed by atoms with van der Waals surface area (Å²) < 4.78 is 0. The highest BCUT2D eigenvalue weighted by atomic mass is 32.1. The van der Waals surface area contributed by atoms with Crippen molar-refractivity contribution in [1.29, 1.82) is 0 Å². The Balaban J connectivity index is 2.09. The van der Waals surface area contributed by atoms with Gasteiger partial charge >= 0.3 is 0 Å². The zero-order valence-electron chi connectivity index (χ0n) is 15.8. The van der Waals surface area contributed by atoms with E-state index in [1.165, 1.54) is 21.6 Å². The number of benzene rings is 2. The third-order valence-corrected chi connectivity index (χ3v) is 4.60. The van der Waals surface area contributed by atoms with Crippen LogP contribution in [0.1, 0.15) is 23.1 Å². The summed E-state index contributed by atoms with van der Waals surface area (Å²) in [7, 11) is 4.38. The van der Waals surface area contributed by atoms with E-state index in [-0.39, 0.29) is 0 Å². The third-order valence-electron chi connectivity index (χ3n) is 4.24. The van der Waals surface area contributed by atoms with Crippen molar-refractivity contribution in [3.05, 3.63) is 65.2 Å². The van der Waals surface area contributed by atoms with E-state index in [0.717, 1.165) is 36.9 Å². The first-order chi connectivity index (χ1) is 12.0. The van der Waals surface area contributed by atoms with Gasteiger partial charge in [0.15, 0.2) is 5.11 Å². The average Bonchev–Trinajstić information content (AvgIpc) is 2.58. The van der Waals surface area contributed by atoms with Crippen LogP contribution in [0.2, 0.25) is 0 Å². The van der Waals surface area contributed by atoms with E-state index in [9.17, 15) is 0 Å². The SMILES string of the molecule is Cc1ccc(C)c(NC(=S)N(CCC[NH+](C)C)Cc2ccccc2)c1. The van der Waals surface area contributed by atoms with Gasteiger partial charge in [0.1, 0.15) is 0 Å². The predicted molar refractivity (Wildman–Crippen MR) is 111 cm³/mol. The molecule has 2 aromatic carbocycles. The van der Waals surface area contributed by atoms with Gasteiger partial charge in [0.2, 0.25) is 0 Å². The van der Waals surface area contributed by atoms with Gasteiger partial charge in [-0.05, 0) is 48.8 Å². The first kappa shape index (κ1) is 19.4. The van der Waals surface area contributed by atoms with Gasteiger partial charge in [0.05, 0.1) is 20.6 Å². The highest BCUT2D eigenvalue weighted by molar-refractivity contribution is 7.80. The minimum absolute atomic E-state index is 0.798. The molecule has 0 atom stereocenters. The third kappa shape index (κ3) is 6.48. The Morgan fingerprint density at radius 2 is 1.80 bits per heavy atom. The second-order valence-electron chi connectivity index (χ2n) is 6.97. The van der Waals surface area contributed by atoms with E-state index < -0.39 is 0 Å². The number of hydrogen-bond donors (Lipinski definition) is 2. The zero-order chi connectivity index (χ0) is 18.2. The zero-order valence-corrected chi connectivity index (χ0v) is 16.6. The molecule has 0 aliphatic carbocycles. The smallest absolute Gasteiger partial charge is 0.173 e. The molecule has 0 aromatic heterocycles. The number of nitrogens with zero attached hydrogens (tertiary/aromatic N) is 1. The van der Waals surface area contributed by atoms with Gasteiger partial charge in [0.25, 0.3) is 0 Å². The normalized spacial score (nSPS) is 10.8. The Morgan fingerprint density at radius 1 is 1.08 bits per heavy atom. The van der Waals surface area contributed by atoms with E-state index in [1.54, 1.807) is 0 Å². The molecule has 0 saturated carbocycles. The fourth-order valence-corrected chi connectivity index (χ4v) is 3.01. The lowest BCUT2D eigenvalue weighted by atomic mass is 10.1. The molecular weight excluding hydrogens is 326 g/mol. The fraction of sp³-hybridized carbons (Fsp3) is 0.381. The van der Waals surface area contributed by atoms with Crippen molar-refractivity contribution >= 4 is 23.0 Å². The van der Waals surface area contributed by atoms with Crippen LogP contribution in [-0.2, 0) is 6.54 Å². The number of quaternary nitrogens is 1. The van der Waals surface area contributed by atoms with Gasteiger partial charge in [0, 0.05) is 25.2 Å². The molecule has 0 spiro atoms. The highest BCUT2D eigenvalue weighted by Gasteiger charge is 2.12. The maximum Gasteiger partial charge on any atom is 0.173 e. The topological polar surface area (TPSA) is 19.7 Å². The van der Waals surface area contributed by atoms with Crippen molar-refractivity contribution in [1.82, 2.24) is 4.90 Å². The summed E-state index contributed by atoms with van der Waals surface area (Å²) in [6.45, 7) is 7.14. The van der Waals surface area contributed by atoms with Gasteiger partial charge < -0.3 is 15.1 Å². The first-order valence-corrected chi connectivity index (χ1v) is 9.32. The summed E-state index contributed by atoms with van der Waals surface area (Å²) in [6.07, 6.45) is 1.11. The summed E-state index contributed by atoms with van der Waals surface area (Å²) in [5.74, 6) is 0. The van der Waals surface area contributed by atoms with Gasteiger partial charge in [-0.1, -0.05) is 42.5 Å². The molecule has 0 unspecified atom stereocenters. The van der Waals surface area contributed by atoms with Crippen LogP contribution in [0.3, 0.4) is 0 Å². The molecule has 0 radical (unpaired) electrons. The van der Waals surface area contributed by atoms with Gasteiger partial charge in [-0.3, -0.25) is 0 Å². The second-order valence-corrected chi connectivity index (χ2v) is 7.35. The molecule has 0 fully saturated rings. The predicted octanol–water partition coefficient (Wildman–Crippen LogP) is 3.04. The fourth-order valence-electron chi connectivity index (χ4n) is 2.74. The molecule has 2 N–H and O–H groups in total. The van der Waals surface area contributed by atoms with Crippen LogP contribution >= 0.6 is 12.2 Å². The van der Waals surface area contributed by atoms with Crippen LogP contribution in [0.15, 0.2) is 48.5 Å². The quantitative estimate of drug-likeness (QED) is 0.744. The van der Waals surface area contributed by atoms with E-state index >= 15 is 0 Å². The largest absolute Gasteiger partial charge is 0.344 e. The summed E-state index contributed by atoms with van der Waals surface area (Å²) in [4.78, 5) is 3.74. The molecular formula is C21H30N3S+. The van der Waals surface area contributed by atoms with Crippen LogP contribution in [0.5, 0.6) is 0 Å². The molecule has 3 nitrogen and oxygen atoms in total. The maximum atomic E-state index is 5.75. The molecule has 0 bridgehead atoms. The number of thiocarbonyl (C=S) groups is 1. The Kier molecular flexibility index (Phi) is 7.41. The van der Waals surface area contributed by atoms with Gasteiger partial charge in [-0.25, -0.2) is 0 Å². The molecule has 0 aliphatic rings. The molecule has 0 amide bonds. The lowest BCUT2D eigenvalue weighted by molar-refractivity contribution is -0.858. The number of rotatable bonds is 7.